The van der Waals surface area contributed by atoms with E-state index in [-0.39, 0.29) is 0 Å². The van der Waals surface area contributed by atoms with E-state index in [1.54, 1.807) is 0 Å². The molecule has 0 radical (unpaired) electrons. The van der Waals surface area contributed by atoms with Crippen LogP contribution in [0.2, 0.25) is 5.02 Å². The summed E-state index contributed by atoms with van der Waals surface area (Å²) >= 11 is 5.98. The topological polar surface area (TPSA) is 3.24 Å². The fraction of sp³-hybridized carbons (Fsp3) is 0.294. The highest BCUT2D eigenvalue weighted by Gasteiger charge is 2.25. The highest BCUT2D eigenvalue weighted by Crippen LogP contribution is 2.35. The Bertz CT molecular complexity index is 562. The minimum absolute atomic E-state index is 0.478. The second kappa shape index (κ2) is 5.26. The summed E-state index contributed by atoms with van der Waals surface area (Å²) in [5.41, 5.74) is 4.25. The Balaban J connectivity index is 1.98. The third kappa shape index (κ3) is 2.35. The average molecular weight is 272 g/mol. The number of benzene rings is 2. The minimum atomic E-state index is 0.478. The van der Waals surface area contributed by atoms with Crippen LogP contribution in [-0.4, -0.2) is 6.54 Å². The lowest BCUT2D eigenvalue weighted by Gasteiger charge is -2.38. The first-order valence-electron chi connectivity index (χ1n) is 6.89. The number of nitrogens with zero attached hydrogens (tertiary/aromatic N) is 1. The maximum absolute atomic E-state index is 5.98. The van der Waals surface area contributed by atoms with Crippen LogP contribution in [0.25, 0.3) is 0 Å². The van der Waals surface area contributed by atoms with E-state index in [0.29, 0.717) is 6.04 Å². The van der Waals surface area contributed by atoms with E-state index in [4.69, 9.17) is 11.6 Å². The molecule has 0 saturated heterocycles. The SMILES string of the molecule is CC[C@H]1c2ccccc2CCN1c1ccc(Cl)cc1. The van der Waals surface area contributed by atoms with Gasteiger partial charge in [-0.15, -0.1) is 0 Å². The van der Waals surface area contributed by atoms with Gasteiger partial charge in [0.2, 0.25) is 0 Å². The van der Waals surface area contributed by atoms with Gasteiger partial charge in [0.15, 0.2) is 0 Å². The van der Waals surface area contributed by atoms with Gasteiger partial charge in [0.05, 0.1) is 6.04 Å². The zero-order valence-electron chi connectivity index (χ0n) is 11.1. The molecule has 1 heterocycles. The van der Waals surface area contributed by atoms with Crippen LogP contribution < -0.4 is 4.90 Å². The van der Waals surface area contributed by atoms with E-state index in [1.165, 1.54) is 16.8 Å². The molecule has 2 aromatic carbocycles. The zero-order chi connectivity index (χ0) is 13.2. The van der Waals surface area contributed by atoms with E-state index in [2.05, 4.69) is 48.2 Å². The molecule has 1 aliphatic heterocycles. The number of hydrogen-bond acceptors (Lipinski definition) is 1. The van der Waals surface area contributed by atoms with Crippen molar-refractivity contribution in [1.29, 1.82) is 0 Å². The first kappa shape index (κ1) is 12.6. The lowest BCUT2D eigenvalue weighted by Crippen LogP contribution is -2.35. The normalized spacial score (nSPS) is 18.2. The molecule has 0 N–H and O–H groups in total. The quantitative estimate of drug-likeness (QED) is 0.754. The van der Waals surface area contributed by atoms with Crippen molar-refractivity contribution in [3.8, 4) is 0 Å². The fourth-order valence-corrected chi connectivity index (χ4v) is 3.16. The van der Waals surface area contributed by atoms with Crippen LogP contribution in [-0.2, 0) is 6.42 Å². The summed E-state index contributed by atoms with van der Waals surface area (Å²) in [7, 11) is 0. The van der Waals surface area contributed by atoms with Gasteiger partial charge in [-0.25, -0.2) is 0 Å². The summed E-state index contributed by atoms with van der Waals surface area (Å²) in [6.45, 7) is 3.34. The Morgan fingerprint density at radius 2 is 1.84 bits per heavy atom. The van der Waals surface area contributed by atoms with Crippen LogP contribution in [0.15, 0.2) is 48.5 Å². The zero-order valence-corrected chi connectivity index (χ0v) is 11.9. The van der Waals surface area contributed by atoms with Gasteiger partial charge in [-0.1, -0.05) is 42.8 Å². The molecule has 0 spiro atoms. The molecule has 1 nitrogen and oxygen atoms in total. The first-order chi connectivity index (χ1) is 9.29. The summed E-state index contributed by atoms with van der Waals surface area (Å²) in [6, 6.07) is 17.5. The van der Waals surface area contributed by atoms with E-state index in [1.807, 2.05) is 12.1 Å². The largest absolute Gasteiger partial charge is 0.364 e. The van der Waals surface area contributed by atoms with Crippen molar-refractivity contribution in [2.24, 2.45) is 0 Å². The van der Waals surface area contributed by atoms with Crippen LogP contribution in [0.4, 0.5) is 5.69 Å². The molecule has 1 aliphatic rings. The molecule has 0 bridgehead atoms. The average Bonchev–Trinajstić information content (AvgIpc) is 2.47. The summed E-state index contributed by atoms with van der Waals surface area (Å²) in [6.07, 6.45) is 2.24. The number of fused-ring (bicyclic) bond motifs is 1. The van der Waals surface area contributed by atoms with E-state index < -0.39 is 0 Å². The van der Waals surface area contributed by atoms with Crippen molar-refractivity contribution in [3.63, 3.8) is 0 Å². The predicted octanol–water partition coefficient (Wildman–Crippen LogP) is 4.85. The lowest BCUT2D eigenvalue weighted by atomic mass is 9.90. The van der Waals surface area contributed by atoms with Crippen molar-refractivity contribution >= 4 is 17.3 Å². The third-order valence-electron chi connectivity index (χ3n) is 3.96. The second-order valence-corrected chi connectivity index (χ2v) is 5.48. The summed E-state index contributed by atoms with van der Waals surface area (Å²) in [5.74, 6) is 0. The molecular weight excluding hydrogens is 254 g/mol. The van der Waals surface area contributed by atoms with Gasteiger partial charge in [-0.05, 0) is 48.2 Å². The lowest BCUT2D eigenvalue weighted by molar-refractivity contribution is 0.567. The van der Waals surface area contributed by atoms with Gasteiger partial charge in [0.1, 0.15) is 0 Å². The van der Waals surface area contributed by atoms with Gasteiger partial charge in [0.25, 0.3) is 0 Å². The molecule has 2 aromatic rings. The predicted molar refractivity (Wildman–Crippen MR) is 82.0 cm³/mol. The van der Waals surface area contributed by atoms with Gasteiger partial charge in [-0.3, -0.25) is 0 Å². The van der Waals surface area contributed by atoms with Gasteiger partial charge in [-0.2, -0.15) is 0 Å². The standard InChI is InChI=1S/C17H18ClN/c1-2-17-16-6-4-3-5-13(16)11-12-19(17)15-9-7-14(18)8-10-15/h3-10,17H,2,11-12H2,1H3/t17-/m0/s1. The Kier molecular flexibility index (Phi) is 3.48. The molecule has 98 valence electrons. The summed E-state index contributed by atoms with van der Waals surface area (Å²) in [5, 5.41) is 0.800. The molecule has 0 aromatic heterocycles. The van der Waals surface area contributed by atoms with Crippen LogP contribution >= 0.6 is 11.6 Å². The minimum Gasteiger partial charge on any atom is -0.364 e. The Labute approximate surface area is 119 Å². The van der Waals surface area contributed by atoms with Crippen molar-refractivity contribution < 1.29 is 0 Å². The smallest absolute Gasteiger partial charge is 0.0542 e. The number of rotatable bonds is 2. The molecule has 19 heavy (non-hydrogen) atoms. The maximum atomic E-state index is 5.98. The van der Waals surface area contributed by atoms with Crippen LogP contribution in [0, 0.1) is 0 Å². The van der Waals surface area contributed by atoms with Crippen LogP contribution in [0.3, 0.4) is 0 Å². The van der Waals surface area contributed by atoms with Crippen molar-refractivity contribution in [2.75, 3.05) is 11.4 Å². The highest BCUT2D eigenvalue weighted by molar-refractivity contribution is 6.30. The summed E-state index contributed by atoms with van der Waals surface area (Å²) in [4.78, 5) is 2.50. The van der Waals surface area contributed by atoms with Crippen molar-refractivity contribution in [2.45, 2.75) is 25.8 Å². The third-order valence-corrected chi connectivity index (χ3v) is 4.21. The van der Waals surface area contributed by atoms with E-state index in [0.717, 1.165) is 24.4 Å². The Hall–Kier alpha value is -1.47. The molecule has 0 unspecified atom stereocenters. The molecule has 0 aliphatic carbocycles. The van der Waals surface area contributed by atoms with Gasteiger partial charge < -0.3 is 4.90 Å². The number of hydrogen-bond donors (Lipinski definition) is 0. The molecular formula is C17H18ClN. The molecule has 3 rings (SSSR count). The van der Waals surface area contributed by atoms with Crippen LogP contribution in [0.1, 0.15) is 30.5 Å². The van der Waals surface area contributed by atoms with Gasteiger partial charge in [0, 0.05) is 17.3 Å². The number of halogens is 1. The molecule has 2 heteroatoms. The first-order valence-corrected chi connectivity index (χ1v) is 7.27. The monoisotopic (exact) mass is 271 g/mol. The number of anilines is 1. The summed E-state index contributed by atoms with van der Waals surface area (Å²) < 4.78 is 0. The Morgan fingerprint density at radius 3 is 2.58 bits per heavy atom. The van der Waals surface area contributed by atoms with E-state index in [9.17, 15) is 0 Å². The van der Waals surface area contributed by atoms with Crippen molar-refractivity contribution in [1.82, 2.24) is 0 Å². The maximum Gasteiger partial charge on any atom is 0.0542 e. The highest BCUT2D eigenvalue weighted by atomic mass is 35.5. The molecule has 1 atom stereocenters. The second-order valence-electron chi connectivity index (χ2n) is 5.04. The molecule has 0 fully saturated rings. The molecule has 0 saturated carbocycles. The van der Waals surface area contributed by atoms with E-state index >= 15 is 0 Å². The van der Waals surface area contributed by atoms with Gasteiger partial charge >= 0.3 is 0 Å². The molecule has 0 amide bonds. The fourth-order valence-electron chi connectivity index (χ4n) is 3.03. The van der Waals surface area contributed by atoms with Crippen LogP contribution in [0.5, 0.6) is 0 Å². The Morgan fingerprint density at radius 1 is 1.11 bits per heavy atom. The van der Waals surface area contributed by atoms with Crippen molar-refractivity contribution in [3.05, 3.63) is 64.7 Å².